The van der Waals surface area contributed by atoms with E-state index in [1.165, 1.54) is 25.7 Å². The maximum absolute atomic E-state index is 3.39. The summed E-state index contributed by atoms with van der Waals surface area (Å²) in [4.78, 5) is 0. The molecular weight excluding hydrogens is 98.1 g/mol. The Balaban J connectivity index is 2.06. The largest absolute Gasteiger partial charge is 0.385 e. The van der Waals surface area contributed by atoms with Gasteiger partial charge < -0.3 is 5.32 Å². The molecule has 1 aliphatic heterocycles. The molecule has 2 rings (SSSR count). The van der Waals surface area contributed by atoms with Gasteiger partial charge in [-0.2, -0.15) is 0 Å². The zero-order valence-corrected chi connectivity index (χ0v) is 4.98. The second kappa shape index (κ2) is 1.28. The van der Waals surface area contributed by atoms with E-state index in [4.69, 9.17) is 0 Å². The second-order valence-electron chi connectivity index (χ2n) is 2.88. The first-order valence-corrected chi connectivity index (χ1v) is 3.34. The first-order valence-electron chi connectivity index (χ1n) is 3.34. The van der Waals surface area contributed by atoms with E-state index in [-0.39, 0.29) is 0 Å². The number of hydrogen-bond acceptors (Lipinski definition) is 1. The van der Waals surface area contributed by atoms with E-state index in [1.54, 1.807) is 0 Å². The van der Waals surface area contributed by atoms with Crippen molar-refractivity contribution in [3.8, 4) is 0 Å². The third-order valence-electron chi connectivity index (χ3n) is 2.33. The molecule has 0 saturated heterocycles. The van der Waals surface area contributed by atoms with Gasteiger partial charge in [-0.05, 0) is 31.9 Å². The standard InChI is InChI=1S/C7H11N/c1-3-7(4-1)5-2-6-8-7/h2,6,8H,1,3-5H2. The molecule has 0 radical (unpaired) electrons. The van der Waals surface area contributed by atoms with Crippen molar-refractivity contribution in [1.82, 2.24) is 5.32 Å². The Kier molecular flexibility index (Phi) is 0.706. The Morgan fingerprint density at radius 2 is 2.25 bits per heavy atom. The molecule has 1 heteroatoms. The van der Waals surface area contributed by atoms with Crippen molar-refractivity contribution in [2.75, 3.05) is 0 Å². The van der Waals surface area contributed by atoms with E-state index in [2.05, 4.69) is 17.6 Å². The van der Waals surface area contributed by atoms with Crippen LogP contribution in [0.25, 0.3) is 0 Å². The van der Waals surface area contributed by atoms with Crippen LogP contribution in [-0.2, 0) is 0 Å². The topological polar surface area (TPSA) is 12.0 Å². The van der Waals surface area contributed by atoms with Crippen LogP contribution in [0.5, 0.6) is 0 Å². The predicted molar refractivity (Wildman–Crippen MR) is 33.5 cm³/mol. The molecule has 44 valence electrons. The Bertz CT molecular complexity index is 112. The van der Waals surface area contributed by atoms with Crippen molar-refractivity contribution in [2.24, 2.45) is 0 Å². The van der Waals surface area contributed by atoms with Crippen molar-refractivity contribution in [1.29, 1.82) is 0 Å². The number of hydrogen-bond donors (Lipinski definition) is 1. The lowest BCUT2D eigenvalue weighted by molar-refractivity contribution is 0.225. The molecule has 1 spiro atoms. The van der Waals surface area contributed by atoms with Crippen LogP contribution >= 0.6 is 0 Å². The van der Waals surface area contributed by atoms with E-state index in [1.807, 2.05) is 0 Å². The smallest absolute Gasteiger partial charge is 0.0403 e. The van der Waals surface area contributed by atoms with Crippen molar-refractivity contribution < 1.29 is 0 Å². The molecular formula is C7H11N. The highest BCUT2D eigenvalue weighted by Gasteiger charge is 2.36. The quantitative estimate of drug-likeness (QED) is 0.496. The Morgan fingerprint density at radius 3 is 2.50 bits per heavy atom. The van der Waals surface area contributed by atoms with Crippen LogP contribution in [-0.4, -0.2) is 5.54 Å². The average Bonchev–Trinajstić information content (AvgIpc) is 2.07. The van der Waals surface area contributed by atoms with E-state index in [0.717, 1.165) is 0 Å². The molecule has 0 amide bonds. The molecule has 8 heavy (non-hydrogen) atoms. The lowest BCUT2D eigenvalue weighted by atomic mass is 9.76. The molecule has 0 bridgehead atoms. The van der Waals surface area contributed by atoms with Gasteiger partial charge in [-0.25, -0.2) is 0 Å². The van der Waals surface area contributed by atoms with Crippen LogP contribution in [0.2, 0.25) is 0 Å². The lowest BCUT2D eigenvalue weighted by Gasteiger charge is -2.38. The zero-order valence-electron chi connectivity index (χ0n) is 4.98. The minimum absolute atomic E-state index is 0.556. The monoisotopic (exact) mass is 109 g/mol. The average molecular weight is 109 g/mol. The summed E-state index contributed by atoms with van der Waals surface area (Å²) >= 11 is 0. The fourth-order valence-corrected chi connectivity index (χ4v) is 1.53. The first-order chi connectivity index (χ1) is 3.91. The first kappa shape index (κ1) is 4.42. The van der Waals surface area contributed by atoms with Crippen LogP contribution in [0.3, 0.4) is 0 Å². The van der Waals surface area contributed by atoms with Gasteiger partial charge in [0.15, 0.2) is 0 Å². The summed E-state index contributed by atoms with van der Waals surface area (Å²) in [6.45, 7) is 0. The fourth-order valence-electron chi connectivity index (χ4n) is 1.53. The van der Waals surface area contributed by atoms with Gasteiger partial charge >= 0.3 is 0 Å². The summed E-state index contributed by atoms with van der Waals surface area (Å²) in [6.07, 6.45) is 9.81. The molecule has 0 aromatic rings. The van der Waals surface area contributed by atoms with Gasteiger partial charge in [0.2, 0.25) is 0 Å². The highest BCUT2D eigenvalue weighted by molar-refractivity contribution is 5.09. The Morgan fingerprint density at radius 1 is 1.38 bits per heavy atom. The van der Waals surface area contributed by atoms with Crippen molar-refractivity contribution in [3.05, 3.63) is 12.3 Å². The predicted octanol–water partition coefficient (Wildman–Crippen LogP) is 1.42. The molecule has 0 aromatic carbocycles. The Hall–Kier alpha value is -0.460. The second-order valence-corrected chi connectivity index (χ2v) is 2.88. The van der Waals surface area contributed by atoms with Gasteiger partial charge in [0.05, 0.1) is 0 Å². The van der Waals surface area contributed by atoms with Crippen molar-refractivity contribution >= 4 is 0 Å². The third kappa shape index (κ3) is 0.417. The molecule has 1 heterocycles. The van der Waals surface area contributed by atoms with Crippen molar-refractivity contribution in [3.63, 3.8) is 0 Å². The molecule has 0 aromatic heterocycles. The maximum Gasteiger partial charge on any atom is 0.0403 e. The molecule has 2 aliphatic rings. The maximum atomic E-state index is 3.39. The van der Waals surface area contributed by atoms with Crippen LogP contribution in [0.1, 0.15) is 25.7 Å². The van der Waals surface area contributed by atoms with E-state index in [0.29, 0.717) is 5.54 Å². The summed E-state index contributed by atoms with van der Waals surface area (Å²) in [5.74, 6) is 0. The molecule has 1 nitrogen and oxygen atoms in total. The normalized spacial score (nSPS) is 30.0. The van der Waals surface area contributed by atoms with Gasteiger partial charge in [-0.3, -0.25) is 0 Å². The van der Waals surface area contributed by atoms with Gasteiger partial charge in [0.1, 0.15) is 0 Å². The van der Waals surface area contributed by atoms with Gasteiger partial charge in [-0.1, -0.05) is 6.08 Å². The lowest BCUT2D eigenvalue weighted by Crippen LogP contribution is -2.45. The van der Waals surface area contributed by atoms with Crippen LogP contribution in [0.15, 0.2) is 12.3 Å². The summed E-state index contributed by atoms with van der Waals surface area (Å²) in [5, 5.41) is 3.39. The SMILES string of the molecule is C1=CNC2(C1)CCC2. The molecule has 1 saturated carbocycles. The molecule has 1 fully saturated rings. The van der Waals surface area contributed by atoms with Crippen LogP contribution < -0.4 is 5.32 Å². The summed E-state index contributed by atoms with van der Waals surface area (Å²) < 4.78 is 0. The van der Waals surface area contributed by atoms with Crippen molar-refractivity contribution in [2.45, 2.75) is 31.2 Å². The summed E-state index contributed by atoms with van der Waals surface area (Å²) in [6, 6.07) is 0. The summed E-state index contributed by atoms with van der Waals surface area (Å²) in [7, 11) is 0. The van der Waals surface area contributed by atoms with Gasteiger partial charge in [-0.15, -0.1) is 0 Å². The van der Waals surface area contributed by atoms with Gasteiger partial charge in [0, 0.05) is 5.54 Å². The minimum Gasteiger partial charge on any atom is -0.385 e. The zero-order chi connectivity index (χ0) is 5.45. The number of nitrogens with one attached hydrogen (secondary N) is 1. The van der Waals surface area contributed by atoms with Crippen LogP contribution in [0.4, 0.5) is 0 Å². The minimum atomic E-state index is 0.556. The van der Waals surface area contributed by atoms with E-state index >= 15 is 0 Å². The van der Waals surface area contributed by atoms with E-state index in [9.17, 15) is 0 Å². The summed E-state index contributed by atoms with van der Waals surface area (Å²) in [5.41, 5.74) is 0.556. The van der Waals surface area contributed by atoms with Gasteiger partial charge in [0.25, 0.3) is 0 Å². The molecule has 1 N–H and O–H groups in total. The molecule has 1 aliphatic carbocycles. The third-order valence-corrected chi connectivity index (χ3v) is 2.33. The molecule has 0 atom stereocenters. The highest BCUT2D eigenvalue weighted by Crippen LogP contribution is 2.37. The fraction of sp³-hybridized carbons (Fsp3) is 0.714. The Labute approximate surface area is 49.8 Å². The molecule has 0 unspecified atom stereocenters. The highest BCUT2D eigenvalue weighted by atomic mass is 15.0. The van der Waals surface area contributed by atoms with E-state index < -0.39 is 0 Å². The number of rotatable bonds is 0. The van der Waals surface area contributed by atoms with Crippen LogP contribution in [0, 0.1) is 0 Å².